The molecule has 4 nitrogen and oxygen atoms in total. The Balaban J connectivity index is 1.22. The van der Waals surface area contributed by atoms with Crippen LogP contribution in [-0.4, -0.2) is 41.4 Å². The Kier molecular flexibility index (Phi) is 6.25. The van der Waals surface area contributed by atoms with Crippen LogP contribution in [0.1, 0.15) is 104 Å². The van der Waals surface area contributed by atoms with Crippen molar-refractivity contribution in [1.29, 1.82) is 0 Å². The Bertz CT molecular complexity index is 633. The van der Waals surface area contributed by atoms with Crippen LogP contribution in [0.2, 0.25) is 0 Å². The van der Waals surface area contributed by atoms with Crippen molar-refractivity contribution in [3.63, 3.8) is 0 Å². The molecule has 1 unspecified atom stereocenters. The van der Waals surface area contributed by atoms with Crippen LogP contribution < -0.4 is 0 Å². The molecule has 4 saturated carbocycles. The number of aliphatic hydroxyl groups is 2. The van der Waals surface area contributed by atoms with Crippen molar-refractivity contribution in [3.8, 4) is 0 Å². The molecule has 0 aromatic carbocycles. The van der Waals surface area contributed by atoms with Gasteiger partial charge in [-0.05, 0) is 124 Å². The molecular formula is C27H46O4. The molecule has 5 aliphatic rings. The van der Waals surface area contributed by atoms with Crippen molar-refractivity contribution in [3.05, 3.63) is 0 Å². The highest BCUT2D eigenvalue weighted by Gasteiger charge is 2.64. The van der Waals surface area contributed by atoms with Gasteiger partial charge in [0, 0.05) is 13.2 Å². The molecule has 4 aliphatic carbocycles. The molecule has 1 aliphatic heterocycles. The lowest BCUT2D eigenvalue weighted by molar-refractivity contribution is -0.173. The van der Waals surface area contributed by atoms with Gasteiger partial charge < -0.3 is 19.7 Å². The minimum atomic E-state index is -0.528. The van der Waals surface area contributed by atoms with Crippen LogP contribution in [0.25, 0.3) is 0 Å². The van der Waals surface area contributed by atoms with Crippen LogP contribution in [0.15, 0.2) is 0 Å². The van der Waals surface area contributed by atoms with Gasteiger partial charge in [-0.3, -0.25) is 0 Å². The molecule has 0 radical (unpaired) electrons. The van der Waals surface area contributed by atoms with Crippen LogP contribution in [0.3, 0.4) is 0 Å². The van der Waals surface area contributed by atoms with Crippen molar-refractivity contribution in [2.45, 2.75) is 122 Å². The second-order valence-electron chi connectivity index (χ2n) is 12.4. The quantitative estimate of drug-likeness (QED) is 0.565. The molecule has 2 N–H and O–H groups in total. The highest BCUT2D eigenvalue weighted by atomic mass is 16.7. The molecule has 1 heterocycles. The summed E-state index contributed by atoms with van der Waals surface area (Å²) < 4.78 is 11.7. The number of ether oxygens (including phenoxy) is 2. The summed E-state index contributed by atoms with van der Waals surface area (Å²) in [4.78, 5) is 0. The molecule has 0 aromatic heterocycles. The van der Waals surface area contributed by atoms with E-state index < -0.39 is 5.60 Å². The summed E-state index contributed by atoms with van der Waals surface area (Å²) in [6.07, 6.45) is 15.5. The average molecular weight is 435 g/mol. The van der Waals surface area contributed by atoms with Gasteiger partial charge in [0.1, 0.15) is 0 Å². The molecule has 0 amide bonds. The zero-order valence-corrected chi connectivity index (χ0v) is 20.0. The first kappa shape index (κ1) is 22.6. The van der Waals surface area contributed by atoms with Crippen LogP contribution in [-0.2, 0) is 9.47 Å². The highest BCUT2D eigenvalue weighted by molar-refractivity contribution is 5.14. The molecule has 1 saturated heterocycles. The standard InChI is InChI=1S/C27H46O4/c1-25-13-9-20(28)18-19(25)7-8-21-22(25)10-14-26(2)23(21)11-15-27(26,29)12-5-17-31-24-6-3-4-16-30-24/h19-24,28-29H,3-18H2,1-2H3/t19-,20-,21+,22-,23-,24?,25-,26-,27-/m0/s1. The largest absolute Gasteiger partial charge is 0.393 e. The molecule has 5 rings (SSSR count). The van der Waals surface area contributed by atoms with E-state index in [4.69, 9.17) is 9.47 Å². The minimum absolute atomic E-state index is 0.0179. The van der Waals surface area contributed by atoms with E-state index in [9.17, 15) is 10.2 Å². The van der Waals surface area contributed by atoms with E-state index in [1.54, 1.807) is 0 Å². The number of hydrogen-bond donors (Lipinski definition) is 2. The lowest BCUT2D eigenvalue weighted by Gasteiger charge is -2.61. The van der Waals surface area contributed by atoms with Crippen molar-refractivity contribution < 1.29 is 19.7 Å². The molecule has 178 valence electrons. The summed E-state index contributed by atoms with van der Waals surface area (Å²) in [7, 11) is 0. The maximum Gasteiger partial charge on any atom is 0.157 e. The van der Waals surface area contributed by atoms with Gasteiger partial charge in [0.25, 0.3) is 0 Å². The molecule has 9 atom stereocenters. The van der Waals surface area contributed by atoms with Gasteiger partial charge in [0.05, 0.1) is 11.7 Å². The van der Waals surface area contributed by atoms with Gasteiger partial charge in [0.15, 0.2) is 6.29 Å². The first-order valence-electron chi connectivity index (χ1n) is 13.5. The van der Waals surface area contributed by atoms with Gasteiger partial charge in [-0.2, -0.15) is 0 Å². The molecule has 0 spiro atoms. The normalized spacial score (nSPS) is 52.3. The third-order valence-corrected chi connectivity index (χ3v) is 11.1. The smallest absolute Gasteiger partial charge is 0.157 e. The summed E-state index contributed by atoms with van der Waals surface area (Å²) in [5, 5.41) is 22.1. The van der Waals surface area contributed by atoms with E-state index in [1.807, 2.05) is 0 Å². The summed E-state index contributed by atoms with van der Waals surface area (Å²) >= 11 is 0. The third-order valence-electron chi connectivity index (χ3n) is 11.1. The van der Waals surface area contributed by atoms with E-state index in [0.717, 1.165) is 63.4 Å². The van der Waals surface area contributed by atoms with E-state index in [-0.39, 0.29) is 17.8 Å². The van der Waals surface area contributed by atoms with Crippen molar-refractivity contribution in [1.82, 2.24) is 0 Å². The summed E-state index contributed by atoms with van der Waals surface area (Å²) in [6.45, 7) is 6.51. The minimum Gasteiger partial charge on any atom is -0.393 e. The number of fused-ring (bicyclic) bond motifs is 5. The second-order valence-corrected chi connectivity index (χ2v) is 12.4. The van der Waals surface area contributed by atoms with Crippen LogP contribution in [0.5, 0.6) is 0 Å². The maximum atomic E-state index is 11.9. The summed E-state index contributed by atoms with van der Waals surface area (Å²) in [5.41, 5.74) is -0.0508. The van der Waals surface area contributed by atoms with Crippen molar-refractivity contribution >= 4 is 0 Å². The van der Waals surface area contributed by atoms with E-state index in [0.29, 0.717) is 23.9 Å². The molecule has 0 bridgehead atoms. The number of hydrogen-bond acceptors (Lipinski definition) is 4. The molecule has 5 fully saturated rings. The van der Waals surface area contributed by atoms with Crippen molar-refractivity contribution in [2.75, 3.05) is 13.2 Å². The fourth-order valence-electron chi connectivity index (χ4n) is 9.18. The van der Waals surface area contributed by atoms with Gasteiger partial charge in [-0.1, -0.05) is 13.8 Å². The molecular weight excluding hydrogens is 388 g/mol. The Morgan fingerprint density at radius 3 is 2.58 bits per heavy atom. The second kappa shape index (κ2) is 8.56. The van der Waals surface area contributed by atoms with E-state index >= 15 is 0 Å². The van der Waals surface area contributed by atoms with Gasteiger partial charge in [-0.25, -0.2) is 0 Å². The Labute approximate surface area is 189 Å². The monoisotopic (exact) mass is 434 g/mol. The first-order valence-corrected chi connectivity index (χ1v) is 13.5. The lowest BCUT2D eigenvalue weighted by atomic mass is 9.44. The third kappa shape index (κ3) is 3.82. The fraction of sp³-hybridized carbons (Fsp3) is 1.00. The predicted molar refractivity (Wildman–Crippen MR) is 121 cm³/mol. The summed E-state index contributed by atoms with van der Waals surface area (Å²) in [6, 6.07) is 0. The maximum absolute atomic E-state index is 11.9. The fourth-order valence-corrected chi connectivity index (χ4v) is 9.18. The average Bonchev–Trinajstić information content (AvgIpc) is 3.04. The lowest BCUT2D eigenvalue weighted by Crippen LogP contribution is -2.56. The van der Waals surface area contributed by atoms with Gasteiger partial charge in [-0.15, -0.1) is 0 Å². The zero-order valence-electron chi connectivity index (χ0n) is 20.0. The van der Waals surface area contributed by atoms with Crippen LogP contribution in [0.4, 0.5) is 0 Å². The van der Waals surface area contributed by atoms with Crippen LogP contribution in [0, 0.1) is 34.5 Å². The number of rotatable bonds is 5. The van der Waals surface area contributed by atoms with E-state index in [2.05, 4.69) is 13.8 Å². The van der Waals surface area contributed by atoms with E-state index in [1.165, 1.54) is 44.9 Å². The predicted octanol–water partition coefficient (Wildman–Crippen LogP) is 5.44. The first-order chi connectivity index (χ1) is 14.9. The highest BCUT2D eigenvalue weighted by Crippen LogP contribution is 2.68. The molecule has 4 heteroatoms. The number of aliphatic hydroxyl groups excluding tert-OH is 1. The molecule has 31 heavy (non-hydrogen) atoms. The Hall–Kier alpha value is -0.160. The SMILES string of the molecule is C[C@]12CC[C@H](O)C[C@@H]1CC[C@@H]1[C@@H]2CC[C@@]2(C)[C@H]1CC[C@@]2(O)CCCOC1CCCCO1. The van der Waals surface area contributed by atoms with Gasteiger partial charge in [0.2, 0.25) is 0 Å². The van der Waals surface area contributed by atoms with Gasteiger partial charge >= 0.3 is 0 Å². The topological polar surface area (TPSA) is 58.9 Å². The zero-order chi connectivity index (χ0) is 21.7. The Morgan fingerprint density at radius 2 is 1.77 bits per heavy atom. The Morgan fingerprint density at radius 1 is 0.935 bits per heavy atom. The van der Waals surface area contributed by atoms with Crippen molar-refractivity contribution in [2.24, 2.45) is 34.5 Å². The van der Waals surface area contributed by atoms with Crippen LogP contribution >= 0.6 is 0 Å². The summed E-state index contributed by atoms with van der Waals surface area (Å²) in [5.74, 6) is 2.95. The molecule has 0 aromatic rings.